The number of H-pyrrole nitrogens is 1. The number of aromatic nitrogens is 2. The van der Waals surface area contributed by atoms with Crippen LogP contribution in [0.2, 0.25) is 5.02 Å². The smallest absolute Gasteiger partial charge is 0.219 e. The minimum atomic E-state index is 0.199. The molecule has 0 aliphatic carbocycles. The first-order chi connectivity index (χ1) is 14.1. The quantitative estimate of drug-likeness (QED) is 0.783. The monoisotopic (exact) mass is 416 g/mol. The number of nitrogens with one attached hydrogen (secondary N) is 1. The van der Waals surface area contributed by atoms with Crippen LogP contribution in [0.25, 0.3) is 0 Å². The van der Waals surface area contributed by atoms with Crippen molar-refractivity contribution < 1.29 is 9.53 Å². The largest absolute Gasteiger partial charge is 0.492 e. The highest BCUT2D eigenvalue weighted by atomic mass is 35.5. The summed E-state index contributed by atoms with van der Waals surface area (Å²) in [6.07, 6.45) is 4.08. The number of likely N-dealkylation sites (tertiary alicyclic amines) is 2. The Kier molecular flexibility index (Phi) is 6.40. The fourth-order valence-corrected chi connectivity index (χ4v) is 4.65. The number of piperidine rings is 1. The summed E-state index contributed by atoms with van der Waals surface area (Å²) in [6.45, 7) is 6.19. The zero-order chi connectivity index (χ0) is 20.2. The molecule has 2 aliphatic heterocycles. The van der Waals surface area contributed by atoms with Crippen LogP contribution in [0.1, 0.15) is 43.5 Å². The molecule has 1 aromatic carbocycles. The second kappa shape index (κ2) is 9.18. The van der Waals surface area contributed by atoms with Crippen molar-refractivity contribution in [1.29, 1.82) is 0 Å². The Bertz CT molecular complexity index is 832. The molecule has 156 valence electrons. The molecule has 29 heavy (non-hydrogen) atoms. The highest BCUT2D eigenvalue weighted by Crippen LogP contribution is 2.30. The number of amides is 1. The summed E-state index contributed by atoms with van der Waals surface area (Å²) < 4.78 is 5.78. The Hall–Kier alpha value is -2.05. The maximum Gasteiger partial charge on any atom is 0.219 e. The van der Waals surface area contributed by atoms with Gasteiger partial charge in [0, 0.05) is 50.6 Å². The molecule has 0 bridgehead atoms. The number of benzene rings is 1. The van der Waals surface area contributed by atoms with Crippen LogP contribution in [-0.4, -0.2) is 64.7 Å². The lowest BCUT2D eigenvalue weighted by atomic mass is 10.0. The van der Waals surface area contributed by atoms with E-state index in [9.17, 15) is 4.79 Å². The van der Waals surface area contributed by atoms with Crippen LogP contribution in [-0.2, 0) is 11.2 Å². The minimum Gasteiger partial charge on any atom is -0.492 e. The Labute approximate surface area is 177 Å². The van der Waals surface area contributed by atoms with Crippen LogP contribution in [0, 0.1) is 0 Å². The zero-order valence-corrected chi connectivity index (χ0v) is 17.7. The lowest BCUT2D eigenvalue weighted by molar-refractivity contribution is -0.130. The van der Waals surface area contributed by atoms with Crippen LogP contribution >= 0.6 is 11.6 Å². The van der Waals surface area contributed by atoms with Gasteiger partial charge in [0.1, 0.15) is 5.75 Å². The number of carbonyl (C=O) groups excluding carboxylic acids is 1. The van der Waals surface area contributed by atoms with E-state index < -0.39 is 0 Å². The maximum atomic E-state index is 11.5. The van der Waals surface area contributed by atoms with E-state index in [1.165, 1.54) is 0 Å². The number of ether oxygens (including phenoxy) is 1. The number of nitrogens with zero attached hydrogens (tertiary/aromatic N) is 3. The summed E-state index contributed by atoms with van der Waals surface area (Å²) in [5.41, 5.74) is 2.25. The lowest BCUT2D eigenvalue weighted by Gasteiger charge is -2.36. The van der Waals surface area contributed by atoms with Crippen molar-refractivity contribution >= 4 is 17.5 Å². The van der Waals surface area contributed by atoms with E-state index in [-0.39, 0.29) is 5.91 Å². The maximum absolute atomic E-state index is 11.5. The molecule has 2 saturated heterocycles. The van der Waals surface area contributed by atoms with E-state index in [4.69, 9.17) is 16.3 Å². The number of rotatable bonds is 6. The van der Waals surface area contributed by atoms with E-state index in [1.54, 1.807) is 6.92 Å². The zero-order valence-electron chi connectivity index (χ0n) is 16.9. The summed E-state index contributed by atoms with van der Waals surface area (Å²) in [5, 5.41) is 8.38. The van der Waals surface area contributed by atoms with Crippen LogP contribution < -0.4 is 4.74 Å². The second-order valence-electron chi connectivity index (χ2n) is 8.06. The fraction of sp³-hybridized carbons (Fsp3) is 0.545. The first-order valence-corrected chi connectivity index (χ1v) is 10.9. The molecule has 0 radical (unpaired) electrons. The standard InChI is InChI=1S/C22H29ClN4O2/c1-16(28)26-11-7-19(8-12-26)27-10-6-17(15-27)21-14-18(24-25-21)9-13-29-22-5-3-2-4-20(22)23/h2-5,14,17,19H,6-13,15H2,1H3,(H,24,25). The first kappa shape index (κ1) is 20.2. The predicted octanol–water partition coefficient (Wildman–Crippen LogP) is 3.48. The third kappa shape index (κ3) is 4.93. The molecule has 4 rings (SSSR count). The van der Waals surface area contributed by atoms with E-state index in [0.29, 0.717) is 23.6 Å². The van der Waals surface area contributed by atoms with Gasteiger partial charge in [-0.3, -0.25) is 14.8 Å². The molecular weight excluding hydrogens is 388 g/mol. The Morgan fingerprint density at radius 1 is 1.24 bits per heavy atom. The molecule has 1 amide bonds. The van der Waals surface area contributed by atoms with Crippen molar-refractivity contribution in [3.63, 3.8) is 0 Å². The van der Waals surface area contributed by atoms with Gasteiger partial charge in [0.2, 0.25) is 5.91 Å². The highest BCUT2D eigenvalue weighted by molar-refractivity contribution is 6.32. The van der Waals surface area contributed by atoms with Gasteiger partial charge in [-0.05, 0) is 44.0 Å². The average Bonchev–Trinajstić information content (AvgIpc) is 3.39. The molecule has 2 aliphatic rings. The normalized spacial score (nSPS) is 20.9. The van der Waals surface area contributed by atoms with Gasteiger partial charge in [-0.1, -0.05) is 23.7 Å². The third-order valence-electron chi connectivity index (χ3n) is 6.18. The van der Waals surface area contributed by atoms with Gasteiger partial charge < -0.3 is 9.64 Å². The Balaban J connectivity index is 1.25. The van der Waals surface area contributed by atoms with E-state index in [2.05, 4.69) is 21.2 Å². The number of halogens is 1. The van der Waals surface area contributed by atoms with E-state index >= 15 is 0 Å². The topological polar surface area (TPSA) is 61.5 Å². The van der Waals surface area contributed by atoms with Gasteiger partial charge in [0.15, 0.2) is 0 Å². The van der Waals surface area contributed by atoms with Crippen molar-refractivity contribution in [2.45, 2.75) is 44.6 Å². The molecule has 1 unspecified atom stereocenters. The van der Waals surface area contributed by atoms with Gasteiger partial charge in [-0.2, -0.15) is 5.10 Å². The molecule has 6 nitrogen and oxygen atoms in total. The predicted molar refractivity (Wildman–Crippen MR) is 113 cm³/mol. The van der Waals surface area contributed by atoms with Crippen LogP contribution in [0.3, 0.4) is 0 Å². The van der Waals surface area contributed by atoms with Crippen molar-refractivity contribution in [1.82, 2.24) is 20.0 Å². The number of para-hydroxylation sites is 1. The fourth-order valence-electron chi connectivity index (χ4n) is 4.46. The molecule has 0 spiro atoms. The molecule has 1 aromatic heterocycles. The van der Waals surface area contributed by atoms with Crippen LogP contribution in [0.4, 0.5) is 0 Å². The van der Waals surface area contributed by atoms with Gasteiger partial charge in [0.05, 0.1) is 17.3 Å². The summed E-state index contributed by atoms with van der Waals surface area (Å²) in [6, 6.07) is 10.3. The number of aromatic amines is 1. The summed E-state index contributed by atoms with van der Waals surface area (Å²) in [7, 11) is 0. The van der Waals surface area contributed by atoms with Crippen molar-refractivity contribution in [2.24, 2.45) is 0 Å². The molecule has 1 atom stereocenters. The van der Waals surface area contributed by atoms with Gasteiger partial charge >= 0.3 is 0 Å². The average molecular weight is 417 g/mol. The molecule has 2 aromatic rings. The highest BCUT2D eigenvalue weighted by Gasteiger charge is 2.32. The minimum absolute atomic E-state index is 0.199. The van der Waals surface area contributed by atoms with Crippen molar-refractivity contribution in [3.8, 4) is 5.75 Å². The molecule has 2 fully saturated rings. The summed E-state index contributed by atoms with van der Waals surface area (Å²) in [5.74, 6) is 1.40. The molecule has 7 heteroatoms. The molecule has 3 heterocycles. The number of carbonyl (C=O) groups is 1. The van der Waals surface area contributed by atoms with E-state index in [1.807, 2.05) is 29.2 Å². The lowest BCUT2D eigenvalue weighted by Crippen LogP contribution is -2.45. The Morgan fingerprint density at radius 3 is 2.79 bits per heavy atom. The molecule has 1 N–H and O–H groups in total. The third-order valence-corrected chi connectivity index (χ3v) is 6.49. The Morgan fingerprint density at radius 2 is 2.03 bits per heavy atom. The van der Waals surface area contributed by atoms with Gasteiger partial charge in [-0.15, -0.1) is 0 Å². The summed E-state index contributed by atoms with van der Waals surface area (Å²) >= 11 is 6.13. The van der Waals surface area contributed by atoms with Crippen LogP contribution in [0.5, 0.6) is 5.75 Å². The van der Waals surface area contributed by atoms with Gasteiger partial charge in [0.25, 0.3) is 0 Å². The SMILES string of the molecule is CC(=O)N1CCC(N2CCC(c3cc(CCOc4ccccc4Cl)[nH]n3)C2)CC1. The summed E-state index contributed by atoms with van der Waals surface area (Å²) in [4.78, 5) is 16.1. The second-order valence-corrected chi connectivity index (χ2v) is 8.47. The van der Waals surface area contributed by atoms with Gasteiger partial charge in [-0.25, -0.2) is 0 Å². The number of hydrogen-bond acceptors (Lipinski definition) is 4. The molecule has 0 saturated carbocycles. The first-order valence-electron chi connectivity index (χ1n) is 10.5. The van der Waals surface area contributed by atoms with Crippen molar-refractivity contribution in [2.75, 3.05) is 32.8 Å². The number of hydrogen-bond donors (Lipinski definition) is 1. The van der Waals surface area contributed by atoms with E-state index in [0.717, 1.165) is 69.0 Å². The van der Waals surface area contributed by atoms with Crippen molar-refractivity contribution in [3.05, 3.63) is 46.7 Å². The molecular formula is C22H29ClN4O2. The van der Waals surface area contributed by atoms with Crippen LogP contribution in [0.15, 0.2) is 30.3 Å².